The molecule has 0 aromatic carbocycles. The molecule has 1 aliphatic rings. The van der Waals surface area contributed by atoms with Crippen molar-refractivity contribution in [3.05, 3.63) is 0 Å². The highest BCUT2D eigenvalue weighted by molar-refractivity contribution is 7.98. The molecule has 0 saturated carbocycles. The van der Waals surface area contributed by atoms with E-state index in [9.17, 15) is 9.59 Å². The van der Waals surface area contributed by atoms with Crippen molar-refractivity contribution in [3.8, 4) is 0 Å². The number of likely N-dealkylation sites (tertiary alicyclic amines) is 1. The second-order valence-electron chi connectivity index (χ2n) is 4.00. The Balaban J connectivity index is 2.49. The van der Waals surface area contributed by atoms with E-state index >= 15 is 0 Å². The lowest BCUT2D eigenvalue weighted by Gasteiger charge is -2.24. The Labute approximate surface area is 99.6 Å². The summed E-state index contributed by atoms with van der Waals surface area (Å²) in [5.74, 6) is -0.0812. The van der Waals surface area contributed by atoms with Crippen molar-refractivity contribution in [1.29, 1.82) is 0 Å². The van der Waals surface area contributed by atoms with E-state index in [1.54, 1.807) is 11.8 Å². The fourth-order valence-electron chi connectivity index (χ4n) is 1.85. The number of urea groups is 1. The third kappa shape index (κ3) is 3.30. The molecule has 0 spiro atoms. The first-order chi connectivity index (χ1) is 7.56. The van der Waals surface area contributed by atoms with Crippen LogP contribution in [0.4, 0.5) is 4.79 Å². The van der Waals surface area contributed by atoms with Crippen LogP contribution in [0.25, 0.3) is 0 Å². The minimum Gasteiger partial charge on any atom is -0.480 e. The number of carbonyl (C=O) groups excluding carboxylic acids is 1. The molecule has 16 heavy (non-hydrogen) atoms. The fraction of sp³-hybridized carbons (Fsp3) is 0.800. The smallest absolute Gasteiger partial charge is 0.326 e. The van der Waals surface area contributed by atoms with Crippen LogP contribution in [0.15, 0.2) is 0 Å². The van der Waals surface area contributed by atoms with E-state index in [1.165, 1.54) is 4.90 Å². The number of hydrogen-bond acceptors (Lipinski definition) is 3. The summed E-state index contributed by atoms with van der Waals surface area (Å²) in [6.07, 6.45) is 3.29. The molecule has 1 unspecified atom stereocenters. The van der Waals surface area contributed by atoms with E-state index in [0.717, 1.165) is 12.2 Å². The minimum absolute atomic E-state index is 0.0672. The molecule has 1 heterocycles. The van der Waals surface area contributed by atoms with Gasteiger partial charge in [0.1, 0.15) is 6.04 Å². The number of carboxylic acid groups (broad SMARTS) is 1. The second-order valence-corrected chi connectivity index (χ2v) is 4.91. The van der Waals surface area contributed by atoms with Crippen LogP contribution in [0.5, 0.6) is 0 Å². The molecule has 0 aromatic heterocycles. The lowest BCUT2D eigenvalue weighted by molar-refractivity contribution is -0.141. The first kappa shape index (κ1) is 13.2. The first-order valence-corrected chi connectivity index (χ1v) is 6.74. The summed E-state index contributed by atoms with van der Waals surface area (Å²) in [4.78, 5) is 24.1. The average molecular weight is 246 g/mol. The van der Waals surface area contributed by atoms with Crippen LogP contribution >= 0.6 is 11.8 Å². The van der Waals surface area contributed by atoms with Gasteiger partial charge in [0, 0.05) is 18.3 Å². The van der Waals surface area contributed by atoms with Crippen molar-refractivity contribution >= 4 is 23.8 Å². The van der Waals surface area contributed by atoms with Gasteiger partial charge >= 0.3 is 12.0 Å². The molecule has 1 aliphatic heterocycles. The Kier molecular flexibility index (Phi) is 4.92. The summed E-state index contributed by atoms with van der Waals surface area (Å²) < 4.78 is 0. The van der Waals surface area contributed by atoms with Crippen LogP contribution in [-0.2, 0) is 4.79 Å². The van der Waals surface area contributed by atoms with E-state index in [-0.39, 0.29) is 12.1 Å². The molecule has 1 saturated heterocycles. The summed E-state index contributed by atoms with van der Waals surface area (Å²) in [6, 6.07) is -0.842. The van der Waals surface area contributed by atoms with Crippen LogP contribution in [0.2, 0.25) is 0 Å². The van der Waals surface area contributed by atoms with E-state index in [4.69, 9.17) is 5.11 Å². The predicted octanol–water partition coefficient (Wildman–Crippen LogP) is 0.996. The first-order valence-electron chi connectivity index (χ1n) is 5.35. The summed E-state index contributed by atoms with van der Waals surface area (Å²) in [5, 5.41) is 11.8. The van der Waals surface area contributed by atoms with Gasteiger partial charge in [-0.05, 0) is 26.0 Å². The van der Waals surface area contributed by atoms with Crippen LogP contribution in [0.1, 0.15) is 19.8 Å². The molecule has 6 heteroatoms. The van der Waals surface area contributed by atoms with Crippen LogP contribution in [0.3, 0.4) is 0 Å². The van der Waals surface area contributed by atoms with Crippen molar-refractivity contribution in [2.45, 2.75) is 31.8 Å². The second kappa shape index (κ2) is 5.98. The van der Waals surface area contributed by atoms with Crippen molar-refractivity contribution in [3.63, 3.8) is 0 Å². The minimum atomic E-state index is -0.912. The summed E-state index contributed by atoms with van der Waals surface area (Å²) in [6.45, 7) is 2.45. The van der Waals surface area contributed by atoms with E-state index in [0.29, 0.717) is 13.0 Å². The number of rotatable bonds is 4. The third-order valence-corrected chi connectivity index (χ3v) is 3.42. The molecule has 2 N–H and O–H groups in total. The molecule has 1 rings (SSSR count). The van der Waals surface area contributed by atoms with Gasteiger partial charge in [0.2, 0.25) is 0 Å². The average Bonchev–Trinajstić information content (AvgIpc) is 2.65. The van der Waals surface area contributed by atoms with Crippen molar-refractivity contribution in [2.24, 2.45) is 0 Å². The topological polar surface area (TPSA) is 69.6 Å². The number of amides is 2. The zero-order chi connectivity index (χ0) is 12.1. The number of carboxylic acids is 1. The molecule has 2 atom stereocenters. The van der Waals surface area contributed by atoms with Crippen LogP contribution in [-0.4, -0.2) is 52.6 Å². The Bertz CT molecular complexity index is 273. The quantitative estimate of drug-likeness (QED) is 0.776. The highest BCUT2D eigenvalue weighted by Gasteiger charge is 2.34. The van der Waals surface area contributed by atoms with Gasteiger partial charge in [0.15, 0.2) is 0 Å². The summed E-state index contributed by atoms with van der Waals surface area (Å²) >= 11 is 1.65. The van der Waals surface area contributed by atoms with Crippen molar-refractivity contribution in [2.75, 3.05) is 18.6 Å². The molecular weight excluding hydrogens is 228 g/mol. The molecule has 2 amide bonds. The maximum absolute atomic E-state index is 11.8. The van der Waals surface area contributed by atoms with Crippen molar-refractivity contribution in [1.82, 2.24) is 10.2 Å². The molecule has 0 aromatic rings. The maximum atomic E-state index is 11.8. The molecule has 0 aliphatic carbocycles. The van der Waals surface area contributed by atoms with Gasteiger partial charge in [-0.1, -0.05) is 0 Å². The Morgan fingerprint density at radius 1 is 1.62 bits per heavy atom. The zero-order valence-corrected chi connectivity index (χ0v) is 10.4. The molecule has 0 bridgehead atoms. The molecule has 92 valence electrons. The van der Waals surface area contributed by atoms with Gasteiger partial charge in [-0.3, -0.25) is 0 Å². The Hall–Kier alpha value is -0.910. The summed E-state index contributed by atoms with van der Waals surface area (Å²) in [7, 11) is 0. The number of thioether (sulfide) groups is 1. The normalized spacial score (nSPS) is 21.9. The lowest BCUT2D eigenvalue weighted by Crippen LogP contribution is -2.48. The SMILES string of the molecule is CSCC(C)NC(=O)N1CCC[C@H]1C(=O)O. The molecular formula is C10H18N2O3S. The number of carbonyl (C=O) groups is 2. The van der Waals surface area contributed by atoms with Gasteiger partial charge in [-0.25, -0.2) is 9.59 Å². The van der Waals surface area contributed by atoms with Crippen LogP contribution in [0, 0.1) is 0 Å². The number of nitrogens with one attached hydrogen (secondary N) is 1. The lowest BCUT2D eigenvalue weighted by atomic mass is 10.2. The Morgan fingerprint density at radius 3 is 2.88 bits per heavy atom. The molecule has 0 radical (unpaired) electrons. The molecule has 1 fully saturated rings. The van der Waals surface area contributed by atoms with Gasteiger partial charge in [-0.15, -0.1) is 0 Å². The van der Waals surface area contributed by atoms with Crippen molar-refractivity contribution < 1.29 is 14.7 Å². The highest BCUT2D eigenvalue weighted by atomic mass is 32.2. The highest BCUT2D eigenvalue weighted by Crippen LogP contribution is 2.17. The standard InChI is InChI=1S/C10H18N2O3S/c1-7(6-16-2)11-10(15)12-5-3-4-8(12)9(13)14/h7-8H,3-6H2,1-2H3,(H,11,15)(H,13,14)/t7?,8-/m0/s1. The number of nitrogens with zero attached hydrogens (tertiary/aromatic N) is 1. The van der Waals surface area contributed by atoms with Gasteiger partial charge in [0.25, 0.3) is 0 Å². The monoisotopic (exact) mass is 246 g/mol. The maximum Gasteiger partial charge on any atom is 0.326 e. The molecule has 5 nitrogen and oxygen atoms in total. The zero-order valence-electron chi connectivity index (χ0n) is 9.60. The third-order valence-electron chi connectivity index (χ3n) is 2.59. The van der Waals surface area contributed by atoms with Gasteiger partial charge in [-0.2, -0.15) is 11.8 Å². The van der Waals surface area contributed by atoms with E-state index in [1.807, 2.05) is 13.2 Å². The number of aliphatic carboxylic acids is 1. The van der Waals surface area contributed by atoms with Crippen LogP contribution < -0.4 is 5.32 Å². The fourth-order valence-corrected chi connectivity index (χ4v) is 2.44. The predicted molar refractivity (Wildman–Crippen MR) is 63.7 cm³/mol. The van der Waals surface area contributed by atoms with E-state index in [2.05, 4.69) is 5.32 Å². The summed E-state index contributed by atoms with van der Waals surface area (Å²) in [5.41, 5.74) is 0. The largest absolute Gasteiger partial charge is 0.480 e. The van der Waals surface area contributed by atoms with Gasteiger partial charge in [0.05, 0.1) is 0 Å². The van der Waals surface area contributed by atoms with E-state index < -0.39 is 12.0 Å². The number of hydrogen-bond donors (Lipinski definition) is 2. The Morgan fingerprint density at radius 2 is 2.31 bits per heavy atom. The van der Waals surface area contributed by atoms with Gasteiger partial charge < -0.3 is 15.3 Å².